The maximum absolute atomic E-state index is 4.31. The normalized spacial score (nSPS) is 15.3. The molecule has 2 heterocycles. The molecule has 1 aromatic heterocycles. The van der Waals surface area contributed by atoms with E-state index in [0.717, 1.165) is 11.6 Å². The van der Waals surface area contributed by atoms with E-state index in [2.05, 4.69) is 46.4 Å². The van der Waals surface area contributed by atoms with Crippen LogP contribution in [0.4, 0.5) is 11.4 Å². The molecule has 1 N–H and O–H groups in total. The first-order valence-corrected chi connectivity index (χ1v) is 8.14. The average Bonchev–Trinajstić information content (AvgIpc) is 2.92. The second-order valence-corrected chi connectivity index (χ2v) is 6.58. The Balaban J connectivity index is 1.72. The first-order chi connectivity index (χ1) is 9.83. The van der Waals surface area contributed by atoms with Crippen molar-refractivity contribution in [1.29, 1.82) is 0 Å². The van der Waals surface area contributed by atoms with Crippen LogP contribution in [0.25, 0.3) is 0 Å². The number of nitrogens with one attached hydrogen (secondary N) is 1. The number of aromatic nitrogens is 1. The fraction of sp³-hybridized carbons (Fsp3) is 0.438. The zero-order chi connectivity index (χ0) is 13.8. The van der Waals surface area contributed by atoms with Gasteiger partial charge in [0.2, 0.25) is 0 Å². The third kappa shape index (κ3) is 3.12. The van der Waals surface area contributed by atoms with Crippen molar-refractivity contribution in [3.05, 3.63) is 40.3 Å². The van der Waals surface area contributed by atoms with E-state index in [-0.39, 0.29) is 0 Å². The lowest BCUT2D eigenvalue weighted by atomic mass is 10.1. The molecule has 20 heavy (non-hydrogen) atoms. The van der Waals surface area contributed by atoms with Crippen molar-refractivity contribution < 1.29 is 0 Å². The molecule has 1 aliphatic heterocycles. The van der Waals surface area contributed by atoms with Crippen LogP contribution in [0.15, 0.2) is 30.5 Å². The number of para-hydroxylation sites is 2. The van der Waals surface area contributed by atoms with Gasteiger partial charge in [0.05, 0.1) is 22.9 Å². The Morgan fingerprint density at radius 3 is 2.75 bits per heavy atom. The third-order valence-electron chi connectivity index (χ3n) is 3.72. The number of rotatable bonds is 4. The number of anilines is 2. The fourth-order valence-electron chi connectivity index (χ4n) is 2.70. The molecular weight excluding hydrogens is 266 g/mol. The largest absolute Gasteiger partial charge is 0.378 e. The summed E-state index contributed by atoms with van der Waals surface area (Å²) in [5, 5.41) is 4.70. The van der Waals surface area contributed by atoms with Gasteiger partial charge in [-0.3, -0.25) is 0 Å². The summed E-state index contributed by atoms with van der Waals surface area (Å²) in [5.74, 6) is 0. The van der Waals surface area contributed by atoms with Crippen LogP contribution in [-0.2, 0) is 6.54 Å². The molecule has 0 spiro atoms. The molecule has 0 amide bonds. The van der Waals surface area contributed by atoms with E-state index in [1.54, 1.807) is 11.3 Å². The smallest absolute Gasteiger partial charge is 0.0897 e. The third-order valence-corrected chi connectivity index (χ3v) is 4.64. The number of thiazole rings is 1. The zero-order valence-electron chi connectivity index (χ0n) is 11.9. The molecule has 0 bridgehead atoms. The number of benzene rings is 1. The molecule has 0 radical (unpaired) electrons. The van der Waals surface area contributed by atoms with E-state index >= 15 is 0 Å². The van der Waals surface area contributed by atoms with Crippen LogP contribution >= 0.6 is 11.3 Å². The van der Waals surface area contributed by atoms with E-state index in [1.165, 1.54) is 48.6 Å². The highest BCUT2D eigenvalue weighted by atomic mass is 32.1. The first-order valence-electron chi connectivity index (χ1n) is 7.32. The van der Waals surface area contributed by atoms with Gasteiger partial charge in [-0.05, 0) is 38.3 Å². The lowest BCUT2D eigenvalue weighted by Crippen LogP contribution is -2.30. The topological polar surface area (TPSA) is 28.2 Å². The quantitative estimate of drug-likeness (QED) is 0.919. The molecule has 1 saturated heterocycles. The highest BCUT2D eigenvalue weighted by Gasteiger charge is 2.13. The summed E-state index contributed by atoms with van der Waals surface area (Å²) in [5.41, 5.74) is 2.58. The first kappa shape index (κ1) is 13.4. The van der Waals surface area contributed by atoms with Gasteiger partial charge in [0.1, 0.15) is 0 Å². The summed E-state index contributed by atoms with van der Waals surface area (Å²) in [6, 6.07) is 8.64. The Labute approximate surface area is 124 Å². The number of aryl methyl sites for hydroxylation is 1. The van der Waals surface area contributed by atoms with Crippen LogP contribution < -0.4 is 10.2 Å². The molecule has 106 valence electrons. The monoisotopic (exact) mass is 287 g/mol. The lowest BCUT2D eigenvalue weighted by molar-refractivity contribution is 0.578. The molecule has 0 atom stereocenters. The average molecular weight is 287 g/mol. The molecule has 3 nitrogen and oxygen atoms in total. The summed E-state index contributed by atoms with van der Waals surface area (Å²) in [4.78, 5) is 8.10. The summed E-state index contributed by atoms with van der Waals surface area (Å²) in [7, 11) is 0. The minimum absolute atomic E-state index is 0.858. The van der Waals surface area contributed by atoms with Gasteiger partial charge < -0.3 is 10.2 Å². The van der Waals surface area contributed by atoms with Crippen LogP contribution in [0.2, 0.25) is 0 Å². The van der Waals surface area contributed by atoms with Crippen molar-refractivity contribution in [3.63, 3.8) is 0 Å². The van der Waals surface area contributed by atoms with Crippen LogP contribution in [0.3, 0.4) is 0 Å². The predicted molar refractivity (Wildman–Crippen MR) is 86.7 cm³/mol. The fourth-order valence-corrected chi connectivity index (χ4v) is 3.44. The Hall–Kier alpha value is -1.55. The molecule has 1 fully saturated rings. The molecule has 2 aromatic rings. The Bertz CT molecular complexity index is 558. The molecule has 3 rings (SSSR count). The minimum Gasteiger partial charge on any atom is -0.378 e. The van der Waals surface area contributed by atoms with E-state index in [9.17, 15) is 0 Å². The molecule has 1 aliphatic rings. The number of hydrogen-bond acceptors (Lipinski definition) is 4. The van der Waals surface area contributed by atoms with Crippen molar-refractivity contribution in [2.45, 2.75) is 32.7 Å². The maximum atomic E-state index is 4.31. The highest BCUT2D eigenvalue weighted by molar-refractivity contribution is 7.11. The van der Waals surface area contributed by atoms with E-state index in [0.29, 0.717) is 0 Å². The lowest BCUT2D eigenvalue weighted by Gasteiger charge is -2.30. The Kier molecular flexibility index (Phi) is 4.21. The zero-order valence-corrected chi connectivity index (χ0v) is 12.7. The molecule has 1 aromatic carbocycles. The number of hydrogen-bond donors (Lipinski definition) is 1. The summed E-state index contributed by atoms with van der Waals surface area (Å²) in [6.07, 6.45) is 5.95. The summed E-state index contributed by atoms with van der Waals surface area (Å²) in [6.45, 7) is 5.27. The van der Waals surface area contributed by atoms with Crippen LogP contribution in [-0.4, -0.2) is 18.1 Å². The molecule has 0 unspecified atom stereocenters. The standard InChI is InChI=1S/C16H21N3S/c1-13-17-11-14(20-13)12-18-15-7-3-4-8-16(15)19-9-5-2-6-10-19/h3-4,7-8,11,18H,2,5-6,9-10,12H2,1H3. The number of piperidine rings is 1. The van der Waals surface area contributed by atoms with Crippen LogP contribution in [0.5, 0.6) is 0 Å². The second-order valence-electron chi connectivity index (χ2n) is 5.26. The van der Waals surface area contributed by atoms with Crippen molar-refractivity contribution in [1.82, 2.24) is 4.98 Å². The highest BCUT2D eigenvalue weighted by Crippen LogP contribution is 2.28. The molecule has 0 aliphatic carbocycles. The van der Waals surface area contributed by atoms with Gasteiger partial charge in [0.25, 0.3) is 0 Å². The Morgan fingerprint density at radius 2 is 2.00 bits per heavy atom. The Morgan fingerprint density at radius 1 is 1.20 bits per heavy atom. The number of nitrogens with zero attached hydrogens (tertiary/aromatic N) is 2. The SMILES string of the molecule is Cc1ncc(CNc2ccccc2N2CCCCC2)s1. The van der Waals surface area contributed by atoms with E-state index in [4.69, 9.17) is 0 Å². The second kappa shape index (κ2) is 6.27. The van der Waals surface area contributed by atoms with Gasteiger partial charge in [0, 0.05) is 24.2 Å². The van der Waals surface area contributed by atoms with Gasteiger partial charge in [-0.15, -0.1) is 11.3 Å². The van der Waals surface area contributed by atoms with Crippen molar-refractivity contribution in [2.75, 3.05) is 23.3 Å². The molecule has 4 heteroatoms. The van der Waals surface area contributed by atoms with Gasteiger partial charge >= 0.3 is 0 Å². The van der Waals surface area contributed by atoms with Gasteiger partial charge in [-0.1, -0.05) is 12.1 Å². The summed E-state index contributed by atoms with van der Waals surface area (Å²) < 4.78 is 0. The maximum Gasteiger partial charge on any atom is 0.0897 e. The van der Waals surface area contributed by atoms with Crippen LogP contribution in [0.1, 0.15) is 29.1 Å². The molecule has 0 saturated carbocycles. The van der Waals surface area contributed by atoms with Gasteiger partial charge in [-0.25, -0.2) is 4.98 Å². The summed E-state index contributed by atoms with van der Waals surface area (Å²) >= 11 is 1.76. The van der Waals surface area contributed by atoms with Crippen molar-refractivity contribution in [2.24, 2.45) is 0 Å². The van der Waals surface area contributed by atoms with Crippen LogP contribution in [0, 0.1) is 6.92 Å². The predicted octanol–water partition coefficient (Wildman–Crippen LogP) is 4.05. The van der Waals surface area contributed by atoms with E-state index in [1.807, 2.05) is 6.20 Å². The molecular formula is C16H21N3S. The van der Waals surface area contributed by atoms with Gasteiger partial charge in [0.15, 0.2) is 0 Å². The van der Waals surface area contributed by atoms with Gasteiger partial charge in [-0.2, -0.15) is 0 Å². The van der Waals surface area contributed by atoms with E-state index < -0.39 is 0 Å². The van der Waals surface area contributed by atoms with Crippen molar-refractivity contribution >= 4 is 22.7 Å². The van der Waals surface area contributed by atoms with Crippen molar-refractivity contribution in [3.8, 4) is 0 Å². The minimum atomic E-state index is 0.858.